The summed E-state index contributed by atoms with van der Waals surface area (Å²) in [7, 11) is 1.59. The van der Waals surface area contributed by atoms with Crippen LogP contribution in [0.15, 0.2) is 42.5 Å². The van der Waals surface area contributed by atoms with Crippen LogP contribution >= 0.6 is 0 Å². The summed E-state index contributed by atoms with van der Waals surface area (Å²) in [6.45, 7) is 1.60. The van der Waals surface area contributed by atoms with Crippen molar-refractivity contribution in [1.29, 1.82) is 0 Å². The van der Waals surface area contributed by atoms with Gasteiger partial charge in [-0.15, -0.1) is 0 Å². The molecule has 1 N–H and O–H groups in total. The second kappa shape index (κ2) is 7.77. The van der Waals surface area contributed by atoms with E-state index in [-0.39, 0.29) is 25.3 Å². The summed E-state index contributed by atoms with van der Waals surface area (Å²) >= 11 is 0. The summed E-state index contributed by atoms with van der Waals surface area (Å²) in [4.78, 5) is 24.1. The maximum Gasteiger partial charge on any atom is 0.338 e. The minimum Gasteiger partial charge on any atom is -0.497 e. The normalized spacial score (nSPS) is 13.0. The molecule has 26 heavy (non-hydrogen) atoms. The van der Waals surface area contributed by atoms with E-state index in [1.54, 1.807) is 19.2 Å². The van der Waals surface area contributed by atoms with Crippen LogP contribution in [-0.2, 0) is 9.53 Å². The van der Waals surface area contributed by atoms with Crippen LogP contribution in [0, 0.1) is 0 Å². The highest BCUT2D eigenvalue weighted by atomic mass is 16.7. The maximum atomic E-state index is 12.1. The van der Waals surface area contributed by atoms with Crippen molar-refractivity contribution in [3.8, 4) is 17.2 Å². The fourth-order valence-electron chi connectivity index (χ4n) is 2.50. The molecule has 3 rings (SSSR count). The topological polar surface area (TPSA) is 83.1 Å². The van der Waals surface area contributed by atoms with Gasteiger partial charge in [-0.1, -0.05) is 12.1 Å². The standard InChI is InChI=1S/C19H19NO6/c1-12(13-3-6-15(23-2)7-4-13)20-18(21)10-24-19(22)14-5-8-16-17(9-14)26-11-25-16/h3-9,12H,10-11H2,1-2H3,(H,20,21)/t12-/m1/s1. The smallest absolute Gasteiger partial charge is 0.338 e. The largest absolute Gasteiger partial charge is 0.497 e. The highest BCUT2D eigenvalue weighted by Crippen LogP contribution is 2.32. The Labute approximate surface area is 150 Å². The molecule has 1 amide bonds. The van der Waals surface area contributed by atoms with Crippen molar-refractivity contribution in [1.82, 2.24) is 5.32 Å². The third kappa shape index (κ3) is 4.05. The Morgan fingerprint density at radius 2 is 1.85 bits per heavy atom. The average Bonchev–Trinajstić information content (AvgIpc) is 3.13. The van der Waals surface area contributed by atoms with Crippen molar-refractivity contribution in [2.24, 2.45) is 0 Å². The Bertz CT molecular complexity index is 802. The van der Waals surface area contributed by atoms with Crippen LogP contribution in [0.1, 0.15) is 28.9 Å². The number of methoxy groups -OCH3 is 1. The van der Waals surface area contributed by atoms with Gasteiger partial charge in [0.2, 0.25) is 6.79 Å². The van der Waals surface area contributed by atoms with Gasteiger partial charge in [0.1, 0.15) is 5.75 Å². The molecule has 1 aliphatic rings. The molecule has 1 atom stereocenters. The molecular formula is C19H19NO6. The molecule has 0 radical (unpaired) electrons. The lowest BCUT2D eigenvalue weighted by Gasteiger charge is -2.15. The van der Waals surface area contributed by atoms with Gasteiger partial charge in [-0.05, 0) is 42.8 Å². The predicted octanol–water partition coefficient (Wildman–Crippen LogP) is 2.46. The lowest BCUT2D eigenvalue weighted by atomic mass is 10.1. The molecule has 0 spiro atoms. The van der Waals surface area contributed by atoms with E-state index in [0.717, 1.165) is 11.3 Å². The second-order valence-electron chi connectivity index (χ2n) is 5.71. The molecule has 0 saturated heterocycles. The van der Waals surface area contributed by atoms with Crippen LogP contribution in [-0.4, -0.2) is 32.4 Å². The first-order chi connectivity index (χ1) is 12.6. The number of nitrogens with one attached hydrogen (secondary N) is 1. The van der Waals surface area contributed by atoms with Gasteiger partial charge >= 0.3 is 5.97 Å². The molecular weight excluding hydrogens is 338 g/mol. The Morgan fingerprint density at radius 1 is 1.12 bits per heavy atom. The van der Waals surface area contributed by atoms with Crippen LogP contribution in [0.25, 0.3) is 0 Å². The Kier molecular flexibility index (Phi) is 5.26. The first-order valence-corrected chi connectivity index (χ1v) is 8.07. The Morgan fingerprint density at radius 3 is 2.58 bits per heavy atom. The quantitative estimate of drug-likeness (QED) is 0.800. The van der Waals surface area contributed by atoms with E-state index < -0.39 is 5.97 Å². The number of benzene rings is 2. The van der Waals surface area contributed by atoms with Gasteiger partial charge in [-0.2, -0.15) is 0 Å². The number of rotatable bonds is 6. The monoisotopic (exact) mass is 357 g/mol. The van der Waals surface area contributed by atoms with Crippen LogP contribution in [0.2, 0.25) is 0 Å². The number of carbonyl (C=O) groups is 2. The average molecular weight is 357 g/mol. The van der Waals surface area contributed by atoms with Crippen molar-refractivity contribution in [3.05, 3.63) is 53.6 Å². The minimum atomic E-state index is -0.601. The van der Waals surface area contributed by atoms with E-state index in [0.29, 0.717) is 17.1 Å². The molecule has 0 bridgehead atoms. The molecule has 0 fully saturated rings. The SMILES string of the molecule is COc1ccc([C@@H](C)NC(=O)COC(=O)c2ccc3c(c2)OCO3)cc1. The highest BCUT2D eigenvalue weighted by molar-refractivity contribution is 5.92. The molecule has 7 heteroatoms. The zero-order chi connectivity index (χ0) is 18.5. The number of esters is 1. The summed E-state index contributed by atoms with van der Waals surface area (Å²) in [5, 5.41) is 2.78. The number of hydrogen-bond donors (Lipinski definition) is 1. The van der Waals surface area contributed by atoms with E-state index in [2.05, 4.69) is 5.32 Å². The summed E-state index contributed by atoms with van der Waals surface area (Å²) in [5.41, 5.74) is 1.21. The first kappa shape index (κ1) is 17.6. The number of ether oxygens (including phenoxy) is 4. The third-order valence-corrected chi connectivity index (χ3v) is 3.94. The lowest BCUT2D eigenvalue weighted by Crippen LogP contribution is -2.31. The predicted molar refractivity (Wildman–Crippen MR) is 92.4 cm³/mol. The zero-order valence-electron chi connectivity index (χ0n) is 14.5. The molecule has 2 aromatic rings. The number of hydrogen-bond acceptors (Lipinski definition) is 6. The van der Waals surface area contributed by atoms with Crippen LogP contribution in [0.3, 0.4) is 0 Å². The van der Waals surface area contributed by atoms with E-state index in [1.807, 2.05) is 31.2 Å². The molecule has 0 aromatic heterocycles. The first-order valence-electron chi connectivity index (χ1n) is 8.07. The van der Waals surface area contributed by atoms with Gasteiger partial charge in [0, 0.05) is 0 Å². The van der Waals surface area contributed by atoms with Gasteiger partial charge in [0.25, 0.3) is 5.91 Å². The number of fused-ring (bicyclic) bond motifs is 1. The van der Waals surface area contributed by atoms with Gasteiger partial charge in [0.15, 0.2) is 18.1 Å². The van der Waals surface area contributed by atoms with E-state index in [1.165, 1.54) is 6.07 Å². The van der Waals surface area contributed by atoms with Crippen LogP contribution in [0.5, 0.6) is 17.2 Å². The molecule has 1 aliphatic heterocycles. The van der Waals surface area contributed by atoms with Crippen molar-refractivity contribution >= 4 is 11.9 Å². The molecule has 0 saturated carbocycles. The Balaban J connectivity index is 1.50. The fraction of sp³-hybridized carbons (Fsp3) is 0.263. The van der Waals surface area contributed by atoms with Crippen molar-refractivity contribution in [3.63, 3.8) is 0 Å². The summed E-state index contributed by atoms with van der Waals surface area (Å²) in [6.07, 6.45) is 0. The molecule has 1 heterocycles. The number of amides is 1. The van der Waals surface area contributed by atoms with Crippen LogP contribution < -0.4 is 19.5 Å². The van der Waals surface area contributed by atoms with Gasteiger partial charge < -0.3 is 24.3 Å². The summed E-state index contributed by atoms with van der Waals surface area (Å²) in [5.74, 6) is 0.813. The summed E-state index contributed by atoms with van der Waals surface area (Å²) in [6, 6.07) is 11.9. The van der Waals surface area contributed by atoms with Gasteiger partial charge in [0.05, 0.1) is 18.7 Å². The Hall–Kier alpha value is -3.22. The third-order valence-electron chi connectivity index (χ3n) is 3.94. The van der Waals surface area contributed by atoms with E-state index in [9.17, 15) is 9.59 Å². The molecule has 7 nitrogen and oxygen atoms in total. The van der Waals surface area contributed by atoms with Crippen LogP contribution in [0.4, 0.5) is 0 Å². The zero-order valence-corrected chi connectivity index (χ0v) is 14.5. The summed E-state index contributed by atoms with van der Waals surface area (Å²) < 4.78 is 20.6. The fourth-order valence-corrected chi connectivity index (χ4v) is 2.50. The highest BCUT2D eigenvalue weighted by Gasteiger charge is 2.18. The molecule has 0 unspecified atom stereocenters. The van der Waals surface area contributed by atoms with Crippen molar-refractivity contribution in [2.75, 3.05) is 20.5 Å². The van der Waals surface area contributed by atoms with Gasteiger partial charge in [-0.25, -0.2) is 4.79 Å². The van der Waals surface area contributed by atoms with Crippen molar-refractivity contribution < 1.29 is 28.5 Å². The lowest BCUT2D eigenvalue weighted by molar-refractivity contribution is -0.124. The molecule has 2 aromatic carbocycles. The number of carbonyl (C=O) groups excluding carboxylic acids is 2. The van der Waals surface area contributed by atoms with Gasteiger partial charge in [-0.3, -0.25) is 4.79 Å². The van der Waals surface area contributed by atoms with Crippen molar-refractivity contribution in [2.45, 2.75) is 13.0 Å². The maximum absolute atomic E-state index is 12.1. The van der Waals surface area contributed by atoms with E-state index in [4.69, 9.17) is 18.9 Å². The van der Waals surface area contributed by atoms with E-state index >= 15 is 0 Å². The molecule has 136 valence electrons. The minimum absolute atomic E-state index is 0.124. The molecule has 0 aliphatic carbocycles. The second-order valence-corrected chi connectivity index (χ2v) is 5.71.